The number of nitrogens with zero attached hydrogens (tertiary/aromatic N) is 2. The molecule has 14 heavy (non-hydrogen) atoms. The quantitative estimate of drug-likeness (QED) is 0.780. The smallest absolute Gasteiger partial charge is 0.151 e. The Morgan fingerprint density at radius 3 is 2.79 bits per heavy atom. The predicted molar refractivity (Wildman–Crippen MR) is 61.4 cm³/mol. The van der Waals surface area contributed by atoms with Crippen LogP contribution in [0.2, 0.25) is 0 Å². The Morgan fingerprint density at radius 2 is 2.21 bits per heavy atom. The molecule has 1 heterocycles. The molecule has 0 spiro atoms. The Kier molecular flexibility index (Phi) is 4.23. The fourth-order valence-corrected chi connectivity index (χ4v) is 1.44. The first-order valence-corrected chi connectivity index (χ1v) is 5.25. The first-order valence-electron chi connectivity index (χ1n) is 5.25. The van der Waals surface area contributed by atoms with Gasteiger partial charge in [0, 0.05) is 19.3 Å². The average molecular weight is 193 g/mol. The Hall–Kier alpha value is -1.25. The van der Waals surface area contributed by atoms with Gasteiger partial charge in [-0.2, -0.15) is 0 Å². The van der Waals surface area contributed by atoms with Crippen molar-refractivity contribution in [3.63, 3.8) is 0 Å². The maximum absolute atomic E-state index is 5.86. The molecule has 3 heteroatoms. The molecule has 0 aliphatic carbocycles. The van der Waals surface area contributed by atoms with Gasteiger partial charge >= 0.3 is 0 Å². The first kappa shape index (κ1) is 10.8. The molecule has 0 fully saturated rings. The van der Waals surface area contributed by atoms with Gasteiger partial charge in [0.2, 0.25) is 0 Å². The van der Waals surface area contributed by atoms with Gasteiger partial charge in [-0.1, -0.05) is 13.3 Å². The molecule has 3 nitrogen and oxygen atoms in total. The average Bonchev–Trinajstić information content (AvgIpc) is 2.21. The SMILES string of the molecule is CCCCN(CC)c1ncccc1N. The van der Waals surface area contributed by atoms with Crippen molar-refractivity contribution in [1.29, 1.82) is 0 Å². The van der Waals surface area contributed by atoms with Gasteiger partial charge in [-0.25, -0.2) is 4.98 Å². The summed E-state index contributed by atoms with van der Waals surface area (Å²) in [6, 6.07) is 3.77. The van der Waals surface area contributed by atoms with Crippen LogP contribution in [0.5, 0.6) is 0 Å². The third kappa shape index (κ3) is 2.62. The van der Waals surface area contributed by atoms with Gasteiger partial charge in [-0.3, -0.25) is 0 Å². The summed E-state index contributed by atoms with van der Waals surface area (Å²) in [6.45, 7) is 6.31. The highest BCUT2D eigenvalue weighted by molar-refractivity contribution is 5.61. The number of nitrogens with two attached hydrogens (primary N) is 1. The zero-order valence-electron chi connectivity index (χ0n) is 9.03. The highest BCUT2D eigenvalue weighted by Gasteiger charge is 2.07. The fraction of sp³-hybridized carbons (Fsp3) is 0.545. The van der Waals surface area contributed by atoms with Crippen molar-refractivity contribution in [2.24, 2.45) is 0 Å². The molecule has 0 bridgehead atoms. The molecule has 1 aromatic rings. The third-order valence-corrected chi connectivity index (χ3v) is 2.28. The number of rotatable bonds is 5. The molecule has 1 aromatic heterocycles. The van der Waals surface area contributed by atoms with Crippen molar-refractivity contribution in [3.05, 3.63) is 18.3 Å². The van der Waals surface area contributed by atoms with Crippen LogP contribution < -0.4 is 10.6 Å². The van der Waals surface area contributed by atoms with Gasteiger partial charge in [0.15, 0.2) is 5.82 Å². The predicted octanol–water partition coefficient (Wildman–Crippen LogP) is 2.29. The van der Waals surface area contributed by atoms with E-state index in [0.29, 0.717) is 0 Å². The molecule has 0 amide bonds. The number of hydrogen-bond acceptors (Lipinski definition) is 3. The molecule has 1 rings (SSSR count). The minimum absolute atomic E-state index is 0.769. The fourth-order valence-electron chi connectivity index (χ4n) is 1.44. The molecular formula is C11H19N3. The number of hydrogen-bond donors (Lipinski definition) is 1. The second kappa shape index (κ2) is 5.47. The summed E-state index contributed by atoms with van der Waals surface area (Å²) in [5, 5.41) is 0. The lowest BCUT2D eigenvalue weighted by Crippen LogP contribution is -2.25. The van der Waals surface area contributed by atoms with E-state index in [1.807, 2.05) is 12.1 Å². The van der Waals surface area contributed by atoms with Crippen LogP contribution in [0.15, 0.2) is 18.3 Å². The number of aromatic nitrogens is 1. The third-order valence-electron chi connectivity index (χ3n) is 2.28. The van der Waals surface area contributed by atoms with Crippen LogP contribution in [0.1, 0.15) is 26.7 Å². The van der Waals surface area contributed by atoms with Gasteiger partial charge in [0.25, 0.3) is 0 Å². The van der Waals surface area contributed by atoms with Gasteiger partial charge in [0.05, 0.1) is 5.69 Å². The van der Waals surface area contributed by atoms with E-state index in [-0.39, 0.29) is 0 Å². The standard InChI is InChI=1S/C11H19N3/c1-3-5-9-14(4-2)11-10(12)7-6-8-13-11/h6-8H,3-5,9,12H2,1-2H3. The van der Waals surface area contributed by atoms with E-state index in [2.05, 4.69) is 23.7 Å². The Morgan fingerprint density at radius 1 is 1.43 bits per heavy atom. The summed E-state index contributed by atoms with van der Waals surface area (Å²) >= 11 is 0. The Labute approximate surface area is 85.9 Å². The number of nitrogen functional groups attached to an aromatic ring is 1. The summed E-state index contributed by atoms with van der Waals surface area (Å²) in [5.74, 6) is 0.920. The van der Waals surface area contributed by atoms with E-state index in [0.717, 1.165) is 24.6 Å². The molecule has 0 radical (unpaired) electrons. The molecule has 0 aromatic carbocycles. The number of anilines is 2. The number of unbranched alkanes of at least 4 members (excludes halogenated alkanes) is 1. The molecular weight excluding hydrogens is 174 g/mol. The molecule has 0 aliphatic rings. The summed E-state index contributed by atoms with van der Waals surface area (Å²) in [6.07, 6.45) is 4.17. The summed E-state index contributed by atoms with van der Waals surface area (Å²) < 4.78 is 0. The topological polar surface area (TPSA) is 42.2 Å². The highest BCUT2D eigenvalue weighted by atomic mass is 15.2. The van der Waals surface area contributed by atoms with Crippen LogP contribution in [-0.4, -0.2) is 18.1 Å². The summed E-state index contributed by atoms with van der Waals surface area (Å²) in [5.41, 5.74) is 6.63. The molecule has 0 saturated carbocycles. The molecule has 0 atom stereocenters. The largest absolute Gasteiger partial charge is 0.396 e. The minimum Gasteiger partial charge on any atom is -0.396 e. The minimum atomic E-state index is 0.769. The highest BCUT2D eigenvalue weighted by Crippen LogP contribution is 2.18. The van der Waals surface area contributed by atoms with Crippen LogP contribution in [0.4, 0.5) is 11.5 Å². The van der Waals surface area contributed by atoms with Crippen molar-refractivity contribution >= 4 is 11.5 Å². The van der Waals surface area contributed by atoms with E-state index in [4.69, 9.17) is 5.73 Å². The lowest BCUT2D eigenvalue weighted by atomic mass is 10.3. The normalized spacial score (nSPS) is 10.1. The van der Waals surface area contributed by atoms with Gasteiger partial charge in [-0.15, -0.1) is 0 Å². The van der Waals surface area contributed by atoms with E-state index in [1.165, 1.54) is 12.8 Å². The van der Waals surface area contributed by atoms with Crippen molar-refractivity contribution in [2.75, 3.05) is 23.7 Å². The maximum Gasteiger partial charge on any atom is 0.151 e. The second-order valence-corrected chi connectivity index (χ2v) is 3.35. The van der Waals surface area contributed by atoms with Crippen LogP contribution in [0.25, 0.3) is 0 Å². The molecule has 2 N–H and O–H groups in total. The van der Waals surface area contributed by atoms with Gasteiger partial charge < -0.3 is 10.6 Å². The Balaban J connectivity index is 2.73. The zero-order chi connectivity index (χ0) is 10.4. The van der Waals surface area contributed by atoms with E-state index >= 15 is 0 Å². The molecule has 0 aliphatic heterocycles. The molecule has 78 valence electrons. The van der Waals surface area contributed by atoms with Crippen LogP contribution in [0, 0.1) is 0 Å². The zero-order valence-corrected chi connectivity index (χ0v) is 9.03. The van der Waals surface area contributed by atoms with Crippen LogP contribution >= 0.6 is 0 Å². The van der Waals surface area contributed by atoms with E-state index in [9.17, 15) is 0 Å². The van der Waals surface area contributed by atoms with Crippen molar-refractivity contribution in [2.45, 2.75) is 26.7 Å². The lowest BCUT2D eigenvalue weighted by molar-refractivity contribution is 0.725. The van der Waals surface area contributed by atoms with Gasteiger partial charge in [0.1, 0.15) is 0 Å². The Bertz CT molecular complexity index is 273. The van der Waals surface area contributed by atoms with E-state index < -0.39 is 0 Å². The molecule has 0 unspecified atom stereocenters. The van der Waals surface area contributed by atoms with Crippen molar-refractivity contribution in [3.8, 4) is 0 Å². The summed E-state index contributed by atoms with van der Waals surface area (Å²) in [4.78, 5) is 6.52. The van der Waals surface area contributed by atoms with E-state index in [1.54, 1.807) is 6.20 Å². The number of pyridine rings is 1. The maximum atomic E-state index is 5.86. The monoisotopic (exact) mass is 193 g/mol. The first-order chi connectivity index (χ1) is 6.79. The summed E-state index contributed by atoms with van der Waals surface area (Å²) in [7, 11) is 0. The molecule has 0 saturated heterocycles. The van der Waals surface area contributed by atoms with Crippen molar-refractivity contribution < 1.29 is 0 Å². The van der Waals surface area contributed by atoms with Crippen molar-refractivity contribution in [1.82, 2.24) is 4.98 Å². The second-order valence-electron chi connectivity index (χ2n) is 3.35. The van der Waals surface area contributed by atoms with Crippen LogP contribution in [0.3, 0.4) is 0 Å². The van der Waals surface area contributed by atoms with Gasteiger partial charge in [-0.05, 0) is 25.5 Å². The lowest BCUT2D eigenvalue weighted by Gasteiger charge is -2.22. The van der Waals surface area contributed by atoms with Crippen LogP contribution in [-0.2, 0) is 0 Å².